The van der Waals surface area contributed by atoms with E-state index in [-0.39, 0.29) is 11.7 Å². The van der Waals surface area contributed by atoms with E-state index in [9.17, 15) is 9.18 Å². The maximum atomic E-state index is 13.2. The van der Waals surface area contributed by atoms with E-state index in [2.05, 4.69) is 28.2 Å². The number of amides is 1. The number of halogens is 1. The van der Waals surface area contributed by atoms with E-state index in [1.807, 2.05) is 37.5 Å². The molecule has 33 heavy (non-hydrogen) atoms. The molecule has 0 unspecified atom stereocenters. The molecule has 2 heterocycles. The number of hydrogen-bond donors (Lipinski definition) is 2. The number of aromatic amines is 1. The van der Waals surface area contributed by atoms with Gasteiger partial charge < -0.3 is 14.7 Å². The normalized spacial score (nSPS) is 11.4. The minimum Gasteiger partial charge on any atom is -0.461 e. The van der Waals surface area contributed by atoms with Crippen molar-refractivity contribution in [3.8, 4) is 0 Å². The molecule has 0 atom stereocenters. The number of fused-ring (bicyclic) bond motifs is 1. The van der Waals surface area contributed by atoms with Gasteiger partial charge in [0, 0.05) is 47.7 Å². The van der Waals surface area contributed by atoms with Crippen molar-refractivity contribution >= 4 is 22.6 Å². The number of carbonyl (C=O) groups is 1. The average Bonchev–Trinajstić information content (AvgIpc) is 3.43. The first-order valence-corrected chi connectivity index (χ1v) is 11.5. The van der Waals surface area contributed by atoms with Crippen LogP contribution in [0.1, 0.15) is 47.0 Å². The van der Waals surface area contributed by atoms with Crippen molar-refractivity contribution in [3.05, 3.63) is 89.2 Å². The lowest BCUT2D eigenvalue weighted by Gasteiger charge is -2.21. The zero-order chi connectivity index (χ0) is 23.2. The standard InChI is InChI=1S/C27H30FN3O2/c1-3-4-14-31(18-20-11-13-29-17-20)15-12-24-19(2)33-26-10-9-23(16-25(24)26)30-27(32)21-5-7-22(28)8-6-21/h5-11,13,16-17,29H,3-4,12,14-15,18H2,1-2H3,(H,30,32). The van der Waals surface area contributed by atoms with Gasteiger partial charge >= 0.3 is 0 Å². The van der Waals surface area contributed by atoms with Crippen LogP contribution in [0, 0.1) is 12.7 Å². The first kappa shape index (κ1) is 22.8. The van der Waals surface area contributed by atoms with Crippen LogP contribution in [0.15, 0.2) is 65.3 Å². The van der Waals surface area contributed by atoms with E-state index >= 15 is 0 Å². The molecule has 0 radical (unpaired) electrons. The Morgan fingerprint density at radius 1 is 1.12 bits per heavy atom. The van der Waals surface area contributed by atoms with Crippen LogP contribution in [0.3, 0.4) is 0 Å². The van der Waals surface area contributed by atoms with Crippen LogP contribution in [0.25, 0.3) is 11.0 Å². The third kappa shape index (κ3) is 5.71. The molecule has 2 aromatic heterocycles. The van der Waals surface area contributed by atoms with Crippen molar-refractivity contribution in [2.24, 2.45) is 0 Å². The van der Waals surface area contributed by atoms with Gasteiger partial charge in [0.2, 0.25) is 0 Å². The van der Waals surface area contributed by atoms with E-state index in [1.54, 1.807) is 0 Å². The summed E-state index contributed by atoms with van der Waals surface area (Å²) in [6.45, 7) is 7.10. The zero-order valence-corrected chi connectivity index (χ0v) is 19.2. The van der Waals surface area contributed by atoms with Gasteiger partial charge in [-0.1, -0.05) is 13.3 Å². The lowest BCUT2D eigenvalue weighted by Crippen LogP contribution is -2.26. The molecule has 0 aliphatic heterocycles. The smallest absolute Gasteiger partial charge is 0.255 e. The van der Waals surface area contributed by atoms with Gasteiger partial charge in [0.25, 0.3) is 5.91 Å². The van der Waals surface area contributed by atoms with Crippen molar-refractivity contribution < 1.29 is 13.6 Å². The first-order valence-electron chi connectivity index (χ1n) is 11.5. The van der Waals surface area contributed by atoms with Gasteiger partial charge in [0.15, 0.2) is 0 Å². The van der Waals surface area contributed by atoms with Crippen LogP contribution >= 0.6 is 0 Å². The van der Waals surface area contributed by atoms with Crippen molar-refractivity contribution in [2.75, 3.05) is 18.4 Å². The summed E-state index contributed by atoms with van der Waals surface area (Å²) in [7, 11) is 0. The molecule has 0 spiro atoms. The Balaban J connectivity index is 1.50. The largest absolute Gasteiger partial charge is 0.461 e. The summed E-state index contributed by atoms with van der Waals surface area (Å²) in [6, 6.07) is 13.3. The van der Waals surface area contributed by atoms with Gasteiger partial charge in [-0.3, -0.25) is 9.69 Å². The summed E-state index contributed by atoms with van der Waals surface area (Å²) < 4.78 is 19.2. The number of benzene rings is 2. The molecule has 4 rings (SSSR count). The van der Waals surface area contributed by atoms with E-state index in [4.69, 9.17) is 4.42 Å². The van der Waals surface area contributed by atoms with E-state index in [1.165, 1.54) is 35.4 Å². The molecular weight excluding hydrogens is 417 g/mol. The number of aromatic nitrogens is 1. The molecule has 2 N–H and O–H groups in total. The van der Waals surface area contributed by atoms with Gasteiger partial charge in [-0.2, -0.15) is 0 Å². The Hall–Kier alpha value is -3.38. The minimum absolute atomic E-state index is 0.270. The lowest BCUT2D eigenvalue weighted by atomic mass is 10.1. The van der Waals surface area contributed by atoms with Crippen LogP contribution < -0.4 is 5.32 Å². The molecule has 0 saturated heterocycles. The van der Waals surface area contributed by atoms with E-state index < -0.39 is 0 Å². The highest BCUT2D eigenvalue weighted by Gasteiger charge is 2.15. The zero-order valence-electron chi connectivity index (χ0n) is 19.2. The Labute approximate surface area is 193 Å². The number of hydrogen-bond acceptors (Lipinski definition) is 3. The second-order valence-electron chi connectivity index (χ2n) is 8.41. The van der Waals surface area contributed by atoms with Gasteiger partial charge in [-0.25, -0.2) is 4.39 Å². The van der Waals surface area contributed by atoms with Crippen LogP contribution in [-0.2, 0) is 13.0 Å². The molecule has 2 aromatic carbocycles. The molecule has 172 valence electrons. The number of rotatable bonds is 10. The minimum atomic E-state index is -0.365. The number of furan rings is 1. The third-order valence-corrected chi connectivity index (χ3v) is 5.93. The molecule has 0 bridgehead atoms. The summed E-state index contributed by atoms with van der Waals surface area (Å²) in [4.78, 5) is 18.2. The van der Waals surface area contributed by atoms with E-state index in [0.29, 0.717) is 11.3 Å². The van der Waals surface area contributed by atoms with Crippen LogP contribution in [0.5, 0.6) is 0 Å². The molecule has 5 nitrogen and oxygen atoms in total. The second kappa shape index (κ2) is 10.5. The summed E-state index contributed by atoms with van der Waals surface area (Å²) >= 11 is 0. The van der Waals surface area contributed by atoms with Crippen LogP contribution in [0.4, 0.5) is 10.1 Å². The topological polar surface area (TPSA) is 61.3 Å². The maximum absolute atomic E-state index is 13.2. The van der Waals surface area contributed by atoms with Crippen molar-refractivity contribution in [1.82, 2.24) is 9.88 Å². The molecule has 4 aromatic rings. The summed E-state index contributed by atoms with van der Waals surface area (Å²) in [5.74, 6) is 0.272. The SMILES string of the molecule is CCCCN(CCc1c(C)oc2ccc(NC(=O)c3ccc(F)cc3)cc12)Cc1cc[nH]c1. The third-order valence-electron chi connectivity index (χ3n) is 5.93. The highest BCUT2D eigenvalue weighted by atomic mass is 19.1. The van der Waals surface area contributed by atoms with Crippen LogP contribution in [-0.4, -0.2) is 28.9 Å². The number of nitrogens with one attached hydrogen (secondary N) is 2. The van der Waals surface area contributed by atoms with Crippen LogP contribution in [0.2, 0.25) is 0 Å². The number of carbonyl (C=O) groups excluding carboxylic acids is 1. The van der Waals surface area contributed by atoms with Gasteiger partial charge in [0.1, 0.15) is 17.2 Å². The Kier molecular flexibility index (Phi) is 7.25. The molecule has 0 aliphatic rings. The Morgan fingerprint density at radius 3 is 2.67 bits per heavy atom. The predicted octanol–water partition coefficient (Wildman–Crippen LogP) is 6.31. The fourth-order valence-corrected chi connectivity index (χ4v) is 4.10. The van der Waals surface area contributed by atoms with Crippen molar-refractivity contribution in [2.45, 2.75) is 39.7 Å². The summed E-state index contributed by atoms with van der Waals surface area (Å²) in [6.07, 6.45) is 7.20. The second-order valence-corrected chi connectivity index (χ2v) is 8.41. The van der Waals surface area contributed by atoms with Crippen molar-refractivity contribution in [3.63, 3.8) is 0 Å². The van der Waals surface area contributed by atoms with E-state index in [0.717, 1.165) is 55.6 Å². The van der Waals surface area contributed by atoms with Gasteiger partial charge in [0.05, 0.1) is 0 Å². The lowest BCUT2D eigenvalue weighted by molar-refractivity contribution is 0.102. The number of nitrogens with zero attached hydrogens (tertiary/aromatic N) is 1. The number of unbranched alkanes of at least 4 members (excludes halogenated alkanes) is 1. The number of aryl methyl sites for hydroxylation is 1. The molecule has 1 amide bonds. The highest BCUT2D eigenvalue weighted by Crippen LogP contribution is 2.29. The Bertz CT molecular complexity index is 1200. The maximum Gasteiger partial charge on any atom is 0.255 e. The molecule has 0 aliphatic carbocycles. The molecular formula is C27H30FN3O2. The Morgan fingerprint density at radius 2 is 1.94 bits per heavy atom. The van der Waals surface area contributed by atoms with Gasteiger partial charge in [-0.05, 0) is 80.4 Å². The molecule has 0 fully saturated rings. The fraction of sp³-hybridized carbons (Fsp3) is 0.296. The fourth-order valence-electron chi connectivity index (χ4n) is 4.10. The quantitative estimate of drug-likeness (QED) is 0.300. The summed E-state index contributed by atoms with van der Waals surface area (Å²) in [5.41, 5.74) is 4.36. The first-order chi connectivity index (χ1) is 16.0. The van der Waals surface area contributed by atoms with Gasteiger partial charge in [-0.15, -0.1) is 0 Å². The average molecular weight is 448 g/mol. The molecule has 0 saturated carbocycles. The number of H-pyrrole nitrogens is 1. The predicted molar refractivity (Wildman–Crippen MR) is 130 cm³/mol. The number of anilines is 1. The summed E-state index contributed by atoms with van der Waals surface area (Å²) in [5, 5.41) is 3.93. The highest BCUT2D eigenvalue weighted by molar-refractivity contribution is 6.05. The van der Waals surface area contributed by atoms with Crippen molar-refractivity contribution in [1.29, 1.82) is 0 Å². The monoisotopic (exact) mass is 447 g/mol. The molecule has 6 heteroatoms.